The number of likely N-dealkylation sites (N-methyl/N-ethyl adjacent to an activating group) is 1. The number of fused-ring (bicyclic) bond motifs is 15. The van der Waals surface area contributed by atoms with Crippen LogP contribution in [0.2, 0.25) is 10.0 Å². The average Bonchev–Trinajstić information content (AvgIpc) is 0.765. The van der Waals surface area contributed by atoms with Crippen molar-refractivity contribution in [2.75, 3.05) is 13.7 Å². The van der Waals surface area contributed by atoms with E-state index in [9.17, 15) is 80.1 Å². The number of carboxylic acid groups (broad SMARTS) is 1. The molecule has 0 aromatic heterocycles. The molecule has 34 nitrogen and oxygen atoms in total. The molecule has 2 fully saturated rings. The molecule has 7 aliphatic heterocycles. The Kier molecular flexibility index (Phi) is 22.3. The maximum Gasteiger partial charge on any atom is 0.330 e. The lowest BCUT2D eigenvalue weighted by Crippen LogP contribution is -2.64. The number of primary amides is 1. The number of amides is 7. The lowest BCUT2D eigenvalue weighted by Gasteiger charge is -2.47. The molecule has 0 unspecified atom stereocenters. The van der Waals surface area contributed by atoms with Gasteiger partial charge in [0, 0.05) is 34.7 Å². The van der Waals surface area contributed by atoms with E-state index in [4.69, 9.17) is 63.1 Å². The van der Waals surface area contributed by atoms with E-state index in [-0.39, 0.29) is 24.3 Å². The zero-order valence-corrected chi connectivity index (χ0v) is 56.2. The van der Waals surface area contributed by atoms with E-state index >= 15 is 14.4 Å². The van der Waals surface area contributed by atoms with Gasteiger partial charge in [-0.2, -0.15) is 0 Å². The summed E-state index contributed by atoms with van der Waals surface area (Å²) in [6, 6.07) is -3.04. The van der Waals surface area contributed by atoms with E-state index < -0.39 is 265 Å². The Morgan fingerprint density at radius 3 is 2.01 bits per heavy atom. The lowest BCUT2D eigenvalue weighted by atomic mass is 9.86. The Labute approximate surface area is 589 Å². The van der Waals surface area contributed by atoms with E-state index in [0.717, 1.165) is 66.7 Å². The van der Waals surface area contributed by atoms with Crippen LogP contribution in [0.3, 0.4) is 0 Å². The Morgan fingerprint density at radius 1 is 0.716 bits per heavy atom. The van der Waals surface area contributed by atoms with Crippen molar-refractivity contribution in [3.8, 4) is 62.9 Å². The number of rotatable bonds is 13. The molecule has 11 bridgehead atoms. The van der Waals surface area contributed by atoms with Gasteiger partial charge in [0.2, 0.25) is 53.4 Å². The number of carbonyl (C=O) groups is 8. The monoisotopic (exact) mass is 1460 g/mol. The molecule has 0 aliphatic carbocycles. The predicted octanol–water partition coefficient (Wildman–Crippen LogP) is -0.188. The van der Waals surface area contributed by atoms with Crippen LogP contribution < -0.4 is 62.9 Å². The molecule has 36 heteroatoms. The third-order valence-corrected chi connectivity index (χ3v) is 18.4. The maximum absolute atomic E-state index is 16.0. The molecule has 12 rings (SSSR count). The van der Waals surface area contributed by atoms with Crippen molar-refractivity contribution in [2.45, 2.75) is 156 Å². The fourth-order valence-electron chi connectivity index (χ4n) is 12.6. The molecule has 7 amide bonds. The van der Waals surface area contributed by atoms with Crippen molar-refractivity contribution >= 4 is 70.5 Å². The molecule has 0 saturated carbocycles. The van der Waals surface area contributed by atoms with Crippen LogP contribution in [0.1, 0.15) is 105 Å². The van der Waals surface area contributed by atoms with Crippen molar-refractivity contribution in [3.63, 3.8) is 0 Å². The van der Waals surface area contributed by atoms with Gasteiger partial charge in [0.05, 0.1) is 41.3 Å². The van der Waals surface area contributed by atoms with E-state index in [2.05, 4.69) is 37.2 Å². The summed E-state index contributed by atoms with van der Waals surface area (Å²) in [5.74, 6) is -18.2. The fourth-order valence-corrected chi connectivity index (χ4v) is 13.1. The van der Waals surface area contributed by atoms with Gasteiger partial charge in [-0.15, -0.1) is 0 Å². The van der Waals surface area contributed by atoms with Crippen molar-refractivity contribution < 1.29 is 123 Å². The van der Waals surface area contributed by atoms with E-state index in [1.807, 2.05) is 13.8 Å². The zero-order chi connectivity index (χ0) is 74.4. The molecule has 0 radical (unpaired) electrons. The topological polar surface area (TPSA) is 551 Å². The number of carbonyl (C=O) groups excluding carboxylic acids is 7. The molecule has 5 aromatic carbocycles. The van der Waals surface area contributed by atoms with Crippen LogP contribution in [-0.4, -0.2) is 196 Å². The van der Waals surface area contributed by atoms with Crippen LogP contribution in [0.15, 0.2) is 72.8 Å². The lowest BCUT2D eigenvalue weighted by molar-refractivity contribution is -0.333. The van der Waals surface area contributed by atoms with Crippen molar-refractivity contribution in [2.24, 2.45) is 17.4 Å². The summed E-state index contributed by atoms with van der Waals surface area (Å²) in [6.45, 7) is 5.57. The van der Waals surface area contributed by atoms with Crippen molar-refractivity contribution in [1.29, 1.82) is 0 Å². The summed E-state index contributed by atoms with van der Waals surface area (Å²) < 4.78 is 38.0. The number of carboxylic acids is 1. The number of aliphatic hydroxyl groups excluding tert-OH is 6. The van der Waals surface area contributed by atoms with E-state index in [1.54, 1.807) is 0 Å². The van der Waals surface area contributed by atoms with Gasteiger partial charge in [0.1, 0.15) is 83.7 Å². The second-order valence-electron chi connectivity index (χ2n) is 25.9. The number of aromatic hydroxyl groups is 4. The second kappa shape index (κ2) is 30.3. The highest BCUT2D eigenvalue weighted by atomic mass is 35.5. The standard InChI is InChI=1S/C66H75Cl2N9O25/c1-22(2)10-33(71-5)58(89)76-48-50(84)25-7-9-38(31(67)12-25)98-39-15-26-16-40(55(39)102-65-56(53(87)52(86)41(21-78)100-65)101-43-20-66(4,70)57(88)23(3)97-43)99-54-32(68)13-27(14-37(54)82)51(85)49-63(94)75-47(64(95)96)30-17-28(79)18-36(81)44(30)29-11-24(6-8-35(29)80)45(60(91)77-49)74-61(92)46(26)73-59(90)34(19-42(69)83)72-62(48)93/h6-9,11-18,22-23,33-34,41,43,45-53,56-57,65,71,78-82,84-88H,10,19-21,70H2,1-5H3,(H2,69,83)(H,72,93)(H,73,90)(H,74,92)(H,75,94)(H,76,89)(H,77,91)(H,95,96)/t23-,33+,34-,41+,43-,45+,46+,47-,48+,49-,50+,51+,52+,53-,56+,57+,65-,66-/m0/s1. The number of aliphatic hydroxyl groups is 6. The molecular weight excluding hydrogens is 1390 g/mol. The second-order valence-corrected chi connectivity index (χ2v) is 26.7. The highest BCUT2D eigenvalue weighted by Gasteiger charge is 2.52. The van der Waals surface area contributed by atoms with E-state index in [1.165, 1.54) is 27.0 Å². The molecule has 7 heterocycles. The smallest absolute Gasteiger partial charge is 0.330 e. The minimum Gasteiger partial charge on any atom is -0.508 e. The first-order chi connectivity index (χ1) is 48.1. The molecule has 5 aromatic rings. The van der Waals surface area contributed by atoms with Crippen LogP contribution in [0.25, 0.3) is 11.1 Å². The number of nitrogens with two attached hydrogens (primary N) is 2. The Hall–Kier alpha value is -9.40. The third kappa shape index (κ3) is 15.6. The van der Waals surface area contributed by atoms with Gasteiger partial charge in [-0.25, -0.2) is 4.79 Å². The first-order valence-electron chi connectivity index (χ1n) is 31.8. The van der Waals surface area contributed by atoms with Crippen LogP contribution in [0, 0.1) is 5.92 Å². The third-order valence-electron chi connectivity index (χ3n) is 17.9. The summed E-state index contributed by atoms with van der Waals surface area (Å²) in [7, 11) is 1.46. The molecule has 2 saturated heterocycles. The summed E-state index contributed by atoms with van der Waals surface area (Å²) in [5, 5.41) is 142. The highest BCUT2D eigenvalue weighted by Crippen LogP contribution is 2.51. The minimum atomic E-state index is -2.41. The number of hydrogen-bond acceptors (Lipinski definition) is 26. The molecule has 102 heavy (non-hydrogen) atoms. The first-order valence-corrected chi connectivity index (χ1v) is 32.5. The summed E-state index contributed by atoms with van der Waals surface area (Å²) in [6.07, 6.45) is -19.1. The summed E-state index contributed by atoms with van der Waals surface area (Å²) >= 11 is 14.0. The fraction of sp³-hybridized carbons (Fsp3) is 0.424. The SMILES string of the molecule is CN[C@H](CC(C)C)C(=O)N[C@H]1C(=O)N[C@@H](CC(N)=O)C(=O)N[C@H]2C(=O)N[C@H]3C(=O)N[C@H](C(=O)N[C@H](C(=O)O)c4cc(O)cc(O)c4-c4cc3ccc4O)[C@H](O)c3cc(O)c(c(Cl)c3)Oc3cc2cc(c3O[C@@H]2O[C@H](CO)[C@@H](O)[C@H](O)[C@H]2O[C@H]2C[C@](C)(N)[C@H](O)[C@H](C)O2)Oc2ccc(cc2Cl)[C@H]1O. The largest absolute Gasteiger partial charge is 0.508 e. The van der Waals surface area contributed by atoms with Gasteiger partial charge in [-0.05, 0) is 110 Å². The minimum absolute atomic E-state index is 0.109. The molecule has 22 N–H and O–H groups in total. The molecular formula is C66H75Cl2N9O25. The average molecular weight is 1470 g/mol. The number of nitrogens with one attached hydrogen (secondary N) is 7. The van der Waals surface area contributed by atoms with Gasteiger partial charge in [0.25, 0.3) is 0 Å². The number of hydrogen-bond donors (Lipinski definition) is 20. The summed E-state index contributed by atoms with van der Waals surface area (Å²) in [5.41, 5.74) is 7.48. The van der Waals surface area contributed by atoms with Crippen LogP contribution in [0.4, 0.5) is 0 Å². The number of halogens is 2. The zero-order valence-electron chi connectivity index (χ0n) is 54.7. The van der Waals surface area contributed by atoms with Gasteiger partial charge < -0.3 is 133 Å². The van der Waals surface area contributed by atoms with Crippen LogP contribution >= 0.6 is 23.2 Å². The Balaban J connectivity index is 1.25. The molecule has 0 spiro atoms. The molecule has 7 aliphatic rings. The number of phenolic OH excluding ortho intramolecular Hbond substituents is 4. The number of ether oxygens (including phenoxy) is 6. The number of phenols is 4. The van der Waals surface area contributed by atoms with Gasteiger partial charge in [-0.1, -0.05) is 49.2 Å². The highest BCUT2D eigenvalue weighted by molar-refractivity contribution is 6.32. The quantitative estimate of drug-likeness (QED) is 0.0726. The van der Waals surface area contributed by atoms with Gasteiger partial charge in [-0.3, -0.25) is 33.6 Å². The molecule has 18 atom stereocenters. The first kappa shape index (κ1) is 75.3. The normalized spacial score (nSPS) is 29.3. The number of aliphatic carboxylic acids is 1. The Morgan fingerprint density at radius 2 is 1.37 bits per heavy atom. The number of benzene rings is 5. The maximum atomic E-state index is 16.0. The van der Waals surface area contributed by atoms with Gasteiger partial charge >= 0.3 is 5.97 Å². The predicted molar refractivity (Wildman–Crippen MR) is 351 cm³/mol. The van der Waals surface area contributed by atoms with Crippen molar-refractivity contribution in [1.82, 2.24) is 37.2 Å². The Bertz CT molecular complexity index is 4110. The van der Waals surface area contributed by atoms with Gasteiger partial charge in [0.15, 0.2) is 41.4 Å². The van der Waals surface area contributed by atoms with Crippen LogP contribution in [-0.2, 0) is 52.6 Å². The van der Waals surface area contributed by atoms with Crippen molar-refractivity contribution in [3.05, 3.63) is 111 Å². The molecule has 548 valence electrons. The van der Waals surface area contributed by atoms with E-state index in [0.29, 0.717) is 0 Å². The van der Waals surface area contributed by atoms with Crippen LogP contribution in [0.5, 0.6) is 51.7 Å². The summed E-state index contributed by atoms with van der Waals surface area (Å²) in [4.78, 5) is 117.